The molecule has 1 aromatic rings. The van der Waals surface area contributed by atoms with E-state index >= 15 is 0 Å². The van der Waals surface area contributed by atoms with E-state index in [0.717, 1.165) is 19.4 Å². The van der Waals surface area contributed by atoms with Gasteiger partial charge in [0, 0.05) is 12.2 Å². The summed E-state index contributed by atoms with van der Waals surface area (Å²) in [7, 11) is 0. The van der Waals surface area contributed by atoms with E-state index in [2.05, 4.69) is 48.8 Å². The summed E-state index contributed by atoms with van der Waals surface area (Å²) in [6.07, 6.45) is 4.13. The van der Waals surface area contributed by atoms with Crippen molar-refractivity contribution in [1.82, 2.24) is 0 Å². The zero-order chi connectivity index (χ0) is 10.2. The third-order valence-corrected chi connectivity index (χ3v) is 2.05. The molecular weight excluding hydrogens is 170 g/mol. The van der Waals surface area contributed by atoms with Crippen LogP contribution in [0.1, 0.15) is 18.4 Å². The van der Waals surface area contributed by atoms with E-state index < -0.39 is 0 Å². The molecule has 0 unspecified atom stereocenters. The van der Waals surface area contributed by atoms with E-state index in [4.69, 9.17) is 0 Å². The first kappa shape index (κ1) is 10.6. The van der Waals surface area contributed by atoms with Crippen LogP contribution in [0.4, 0.5) is 5.69 Å². The summed E-state index contributed by atoms with van der Waals surface area (Å²) >= 11 is 0. The molecule has 14 heavy (non-hydrogen) atoms. The van der Waals surface area contributed by atoms with Crippen LogP contribution in [0.15, 0.2) is 42.7 Å². The van der Waals surface area contributed by atoms with Crippen molar-refractivity contribution in [3.8, 4) is 0 Å². The van der Waals surface area contributed by atoms with Gasteiger partial charge in [0.15, 0.2) is 0 Å². The molecule has 0 aliphatic rings. The predicted molar refractivity (Wildman–Crippen MR) is 62.6 cm³/mol. The molecule has 0 spiro atoms. The highest BCUT2D eigenvalue weighted by atomic mass is 14.9. The monoisotopic (exact) mass is 187 g/mol. The summed E-state index contributed by atoms with van der Waals surface area (Å²) in [5.74, 6) is 0. The van der Waals surface area contributed by atoms with Gasteiger partial charge in [-0.05, 0) is 38.0 Å². The number of anilines is 1. The van der Waals surface area contributed by atoms with Crippen molar-refractivity contribution in [2.45, 2.75) is 19.8 Å². The fraction of sp³-hybridized carbons (Fsp3) is 0.308. The third-order valence-electron chi connectivity index (χ3n) is 2.05. The van der Waals surface area contributed by atoms with Crippen molar-refractivity contribution >= 4 is 5.69 Å². The lowest BCUT2D eigenvalue weighted by atomic mass is 10.2. The third kappa shape index (κ3) is 3.97. The first-order chi connectivity index (χ1) is 6.83. The van der Waals surface area contributed by atoms with Gasteiger partial charge in [-0.1, -0.05) is 24.3 Å². The second kappa shape index (κ2) is 6.06. The number of nitrogens with one attached hydrogen (secondary N) is 1. The number of hydrogen-bond acceptors (Lipinski definition) is 1. The Morgan fingerprint density at radius 1 is 1.36 bits per heavy atom. The molecule has 0 radical (unpaired) electrons. The molecule has 1 heteroatoms. The van der Waals surface area contributed by atoms with E-state index in [1.54, 1.807) is 0 Å². The Morgan fingerprint density at radius 2 is 2.07 bits per heavy atom. The van der Waals surface area contributed by atoms with Gasteiger partial charge >= 0.3 is 0 Å². The molecule has 0 amide bonds. The van der Waals surface area contributed by atoms with Gasteiger partial charge < -0.3 is 5.32 Å². The maximum Gasteiger partial charge on any atom is 0.0340 e. The number of aryl methyl sites for hydroxylation is 1. The minimum absolute atomic E-state index is 1.00. The van der Waals surface area contributed by atoms with Gasteiger partial charge in [-0.3, -0.25) is 0 Å². The van der Waals surface area contributed by atoms with Crippen molar-refractivity contribution in [3.63, 3.8) is 0 Å². The SMILES string of the molecule is C=C=CCCCNc1ccc(C)cc1. The average molecular weight is 187 g/mol. The van der Waals surface area contributed by atoms with Gasteiger partial charge in [0.25, 0.3) is 0 Å². The van der Waals surface area contributed by atoms with Gasteiger partial charge in [0.2, 0.25) is 0 Å². The zero-order valence-corrected chi connectivity index (χ0v) is 8.72. The Bertz CT molecular complexity index is 305. The van der Waals surface area contributed by atoms with Crippen LogP contribution in [0.2, 0.25) is 0 Å². The summed E-state index contributed by atoms with van der Waals surface area (Å²) in [5.41, 5.74) is 5.26. The lowest BCUT2D eigenvalue weighted by Gasteiger charge is -2.04. The Morgan fingerprint density at radius 3 is 2.71 bits per heavy atom. The normalized spacial score (nSPS) is 9.21. The van der Waals surface area contributed by atoms with Crippen molar-refractivity contribution in [2.24, 2.45) is 0 Å². The summed E-state index contributed by atoms with van der Waals surface area (Å²) < 4.78 is 0. The van der Waals surface area contributed by atoms with Crippen LogP contribution >= 0.6 is 0 Å². The minimum atomic E-state index is 1.00. The molecule has 0 fully saturated rings. The molecule has 1 N–H and O–H groups in total. The number of rotatable bonds is 5. The topological polar surface area (TPSA) is 12.0 Å². The van der Waals surface area contributed by atoms with Crippen LogP contribution in [0.25, 0.3) is 0 Å². The molecule has 0 aromatic heterocycles. The van der Waals surface area contributed by atoms with Crippen LogP contribution in [-0.4, -0.2) is 6.54 Å². The molecular formula is C13H17N. The average Bonchev–Trinajstić information content (AvgIpc) is 2.21. The minimum Gasteiger partial charge on any atom is -0.385 e. The first-order valence-corrected chi connectivity index (χ1v) is 4.98. The Labute approximate surface area is 86.2 Å². The molecule has 0 aliphatic carbocycles. The highest BCUT2D eigenvalue weighted by Gasteiger charge is 1.89. The second-order valence-corrected chi connectivity index (χ2v) is 3.34. The molecule has 1 rings (SSSR count). The summed E-state index contributed by atoms with van der Waals surface area (Å²) in [5, 5.41) is 3.36. The molecule has 1 nitrogen and oxygen atoms in total. The van der Waals surface area contributed by atoms with Crippen molar-refractivity contribution in [1.29, 1.82) is 0 Å². The van der Waals surface area contributed by atoms with E-state index in [0.29, 0.717) is 0 Å². The van der Waals surface area contributed by atoms with E-state index in [9.17, 15) is 0 Å². The molecule has 0 bridgehead atoms. The predicted octanol–water partition coefficient (Wildman–Crippen LogP) is 3.53. The number of hydrogen-bond donors (Lipinski definition) is 1. The van der Waals surface area contributed by atoms with E-state index in [1.807, 2.05) is 6.08 Å². The smallest absolute Gasteiger partial charge is 0.0340 e. The Hall–Kier alpha value is -1.46. The molecule has 74 valence electrons. The lowest BCUT2D eigenvalue weighted by molar-refractivity contribution is 0.890. The second-order valence-electron chi connectivity index (χ2n) is 3.34. The maximum absolute atomic E-state index is 3.53. The highest BCUT2D eigenvalue weighted by molar-refractivity contribution is 5.44. The molecule has 0 saturated heterocycles. The highest BCUT2D eigenvalue weighted by Crippen LogP contribution is 2.08. The molecule has 0 saturated carbocycles. The van der Waals surface area contributed by atoms with Gasteiger partial charge in [0.05, 0.1) is 0 Å². The maximum atomic E-state index is 3.53. The Balaban J connectivity index is 2.24. The number of benzene rings is 1. The fourth-order valence-corrected chi connectivity index (χ4v) is 1.21. The molecule has 0 heterocycles. The first-order valence-electron chi connectivity index (χ1n) is 4.98. The van der Waals surface area contributed by atoms with Gasteiger partial charge in [-0.15, -0.1) is 5.73 Å². The molecule has 1 aromatic carbocycles. The number of allylic oxidation sites excluding steroid dienone is 1. The van der Waals surface area contributed by atoms with Crippen LogP contribution in [-0.2, 0) is 0 Å². The summed E-state index contributed by atoms with van der Waals surface area (Å²) in [4.78, 5) is 0. The van der Waals surface area contributed by atoms with Crippen LogP contribution < -0.4 is 5.32 Å². The van der Waals surface area contributed by atoms with Crippen LogP contribution in [0.3, 0.4) is 0 Å². The zero-order valence-electron chi connectivity index (χ0n) is 8.72. The number of unbranched alkanes of at least 4 members (excludes halogenated alkanes) is 1. The quantitative estimate of drug-likeness (QED) is 0.549. The summed E-state index contributed by atoms with van der Waals surface area (Å²) in [6, 6.07) is 8.45. The van der Waals surface area contributed by atoms with Crippen LogP contribution in [0.5, 0.6) is 0 Å². The lowest BCUT2D eigenvalue weighted by Crippen LogP contribution is -2.00. The van der Waals surface area contributed by atoms with Gasteiger partial charge in [-0.25, -0.2) is 0 Å². The van der Waals surface area contributed by atoms with Crippen LogP contribution in [0, 0.1) is 6.92 Å². The molecule has 0 aliphatic heterocycles. The van der Waals surface area contributed by atoms with Crippen molar-refractivity contribution < 1.29 is 0 Å². The van der Waals surface area contributed by atoms with Crippen molar-refractivity contribution in [2.75, 3.05) is 11.9 Å². The fourth-order valence-electron chi connectivity index (χ4n) is 1.21. The molecule has 0 atom stereocenters. The van der Waals surface area contributed by atoms with Gasteiger partial charge in [-0.2, -0.15) is 0 Å². The Kier molecular flexibility index (Phi) is 4.60. The van der Waals surface area contributed by atoms with E-state index in [-0.39, 0.29) is 0 Å². The van der Waals surface area contributed by atoms with Gasteiger partial charge in [0.1, 0.15) is 0 Å². The standard InChI is InChI=1S/C13H17N/c1-3-4-5-6-11-14-13-9-7-12(2)8-10-13/h4,7-10,14H,1,5-6,11H2,2H3. The van der Waals surface area contributed by atoms with Crippen molar-refractivity contribution in [3.05, 3.63) is 48.2 Å². The summed E-state index contributed by atoms with van der Waals surface area (Å²) in [6.45, 7) is 6.62. The largest absolute Gasteiger partial charge is 0.385 e. The van der Waals surface area contributed by atoms with E-state index in [1.165, 1.54) is 11.3 Å².